The monoisotopic (exact) mass is 590 g/mol. The molecule has 10 nitrogen and oxygen atoms in total. The summed E-state index contributed by atoms with van der Waals surface area (Å²) in [5.41, 5.74) is -0.536. The molecule has 0 N–H and O–H groups in total. The first-order valence-electron chi connectivity index (χ1n) is 12.6. The number of hydrogen-bond donors (Lipinski definition) is 0. The van der Waals surface area contributed by atoms with Gasteiger partial charge >= 0.3 is 12.1 Å². The van der Waals surface area contributed by atoms with Crippen LogP contribution in [0.25, 0.3) is 10.9 Å². The molecule has 2 saturated heterocycles. The summed E-state index contributed by atoms with van der Waals surface area (Å²) in [5.74, 6) is -0.488. The number of likely N-dealkylation sites (tertiary alicyclic amines) is 1. The molecule has 0 radical (unpaired) electrons. The van der Waals surface area contributed by atoms with E-state index >= 15 is 4.39 Å². The average Bonchev–Trinajstić information content (AvgIpc) is 3.26. The molecule has 2 fully saturated rings. The molecular weight excluding hydrogens is 559 g/mol. The van der Waals surface area contributed by atoms with Crippen molar-refractivity contribution in [1.29, 1.82) is 5.26 Å². The van der Waals surface area contributed by atoms with Crippen LogP contribution in [0.15, 0.2) is 10.5 Å². The number of aromatic nitrogens is 2. The van der Waals surface area contributed by atoms with Crippen LogP contribution in [0, 0.1) is 17.1 Å². The lowest BCUT2D eigenvalue weighted by Crippen LogP contribution is -2.56. The maximum absolute atomic E-state index is 15.6. The number of fused-ring (bicyclic) bond motifs is 1. The van der Waals surface area contributed by atoms with Crippen LogP contribution < -0.4 is 9.64 Å². The highest BCUT2D eigenvalue weighted by Gasteiger charge is 2.35. The quantitative estimate of drug-likeness (QED) is 0.458. The predicted molar refractivity (Wildman–Crippen MR) is 143 cm³/mol. The van der Waals surface area contributed by atoms with E-state index in [1.807, 2.05) is 11.9 Å². The molecule has 4 rings (SSSR count). The van der Waals surface area contributed by atoms with Crippen molar-refractivity contribution >= 4 is 45.0 Å². The van der Waals surface area contributed by atoms with Gasteiger partial charge in [0.1, 0.15) is 23.8 Å². The van der Waals surface area contributed by atoms with Crippen molar-refractivity contribution in [3.05, 3.63) is 21.9 Å². The van der Waals surface area contributed by atoms with Gasteiger partial charge < -0.3 is 24.2 Å². The highest BCUT2D eigenvalue weighted by molar-refractivity contribution is 9.10. The fraction of sp³-hybridized carbons (Fsp3) is 0.577. The van der Waals surface area contributed by atoms with E-state index in [0.29, 0.717) is 19.4 Å². The van der Waals surface area contributed by atoms with E-state index in [-0.39, 0.29) is 58.3 Å². The van der Waals surface area contributed by atoms with Gasteiger partial charge in [0.05, 0.1) is 35.0 Å². The molecule has 0 aliphatic carbocycles. The Hall–Kier alpha value is -3.04. The molecule has 0 spiro atoms. The van der Waals surface area contributed by atoms with Crippen LogP contribution in [0.5, 0.6) is 6.01 Å². The number of piperazine rings is 1. The van der Waals surface area contributed by atoms with Crippen molar-refractivity contribution in [2.75, 3.05) is 44.7 Å². The van der Waals surface area contributed by atoms with Crippen LogP contribution in [-0.4, -0.2) is 89.7 Å². The van der Waals surface area contributed by atoms with Gasteiger partial charge in [0, 0.05) is 30.1 Å². The second kappa shape index (κ2) is 11.4. The van der Waals surface area contributed by atoms with Crippen molar-refractivity contribution in [1.82, 2.24) is 19.8 Å². The summed E-state index contributed by atoms with van der Waals surface area (Å²) >= 11 is 3.27. The van der Waals surface area contributed by atoms with Gasteiger partial charge in [-0.1, -0.05) is 0 Å². The molecule has 2 aliphatic heterocycles. The lowest BCUT2D eigenvalue weighted by Gasteiger charge is -2.41. The highest BCUT2D eigenvalue weighted by atomic mass is 79.9. The second-order valence-corrected chi connectivity index (χ2v) is 11.5. The predicted octanol–water partition coefficient (Wildman–Crippen LogP) is 4.16. The molecule has 0 saturated carbocycles. The number of carbonyl (C=O) groups is 2. The number of amides is 1. The van der Waals surface area contributed by atoms with Crippen LogP contribution >= 0.6 is 15.9 Å². The van der Waals surface area contributed by atoms with E-state index in [4.69, 9.17) is 9.47 Å². The summed E-state index contributed by atoms with van der Waals surface area (Å²) in [5, 5.41) is 9.55. The van der Waals surface area contributed by atoms with Gasteiger partial charge in [-0.3, -0.25) is 4.79 Å². The minimum Gasteiger partial charge on any atom is -0.462 e. The normalized spacial score (nSPS) is 20.4. The van der Waals surface area contributed by atoms with Crippen molar-refractivity contribution in [3.8, 4) is 12.1 Å². The molecule has 0 unspecified atom stereocenters. The van der Waals surface area contributed by atoms with Gasteiger partial charge in [-0.2, -0.15) is 15.2 Å². The summed E-state index contributed by atoms with van der Waals surface area (Å²) in [6.45, 7) is 7.50. The number of benzene rings is 1. The fourth-order valence-electron chi connectivity index (χ4n) is 4.85. The van der Waals surface area contributed by atoms with Crippen molar-refractivity contribution in [2.24, 2.45) is 0 Å². The number of halogens is 2. The molecular formula is C26H32BrFN6O4. The third-order valence-corrected chi connectivity index (χ3v) is 7.46. The smallest absolute Gasteiger partial charge is 0.410 e. The molecule has 2 aliphatic rings. The standard InChI is InChI=1S/C26H32BrFN6O4/c1-26(2,3)38-25(36)34-11-10-33(13-16(34)7-8-29)23-21-20(12-19(27)18(14-35)22(21)28)30-24(31-23)37-15-17-6-5-9-32(17)4/h12,14,16-17H,5-7,9-11,13,15H2,1-4H3/t16-,17-/m0/s1. The lowest BCUT2D eigenvalue weighted by molar-refractivity contribution is 0.0145. The SMILES string of the molecule is CN1CCC[C@H]1COc1nc(N2CCN(C(=O)OC(C)(C)C)[C@@H](CC#N)C2)c2c(F)c(C=O)c(Br)cc2n1. The second-order valence-electron chi connectivity index (χ2n) is 10.7. The number of likely N-dealkylation sites (N-methyl/N-ethyl adjacent to an activating group) is 1. The van der Waals surface area contributed by atoms with Crippen molar-refractivity contribution in [2.45, 2.75) is 57.7 Å². The minimum absolute atomic E-state index is 0.0593. The Balaban J connectivity index is 1.71. The van der Waals surface area contributed by atoms with E-state index in [1.54, 1.807) is 26.8 Å². The molecule has 0 bridgehead atoms. The van der Waals surface area contributed by atoms with E-state index < -0.39 is 23.6 Å². The number of nitriles is 1. The number of rotatable bonds is 6. The third-order valence-electron chi connectivity index (χ3n) is 6.81. The van der Waals surface area contributed by atoms with E-state index in [1.165, 1.54) is 4.90 Å². The van der Waals surface area contributed by atoms with E-state index in [9.17, 15) is 14.9 Å². The molecule has 1 aromatic heterocycles. The van der Waals surface area contributed by atoms with Crippen LogP contribution in [0.1, 0.15) is 50.4 Å². The highest BCUT2D eigenvalue weighted by Crippen LogP contribution is 2.35. The van der Waals surface area contributed by atoms with Gasteiger partial charge in [-0.15, -0.1) is 0 Å². The minimum atomic E-state index is -0.743. The van der Waals surface area contributed by atoms with E-state index in [0.717, 1.165) is 19.4 Å². The first kappa shape index (κ1) is 28.0. The average molecular weight is 591 g/mol. The summed E-state index contributed by atoms with van der Waals surface area (Å²) in [6, 6.07) is 3.54. The summed E-state index contributed by atoms with van der Waals surface area (Å²) in [4.78, 5) is 39.1. The van der Waals surface area contributed by atoms with Crippen LogP contribution in [0.3, 0.4) is 0 Å². The topological polar surface area (TPSA) is 112 Å². The number of aldehydes is 1. The molecule has 3 heterocycles. The zero-order valence-electron chi connectivity index (χ0n) is 22.0. The number of carbonyl (C=O) groups excluding carboxylic acids is 2. The molecule has 1 aromatic carbocycles. The molecule has 38 heavy (non-hydrogen) atoms. The Morgan fingerprint density at radius 1 is 1.29 bits per heavy atom. The number of anilines is 1. The zero-order valence-corrected chi connectivity index (χ0v) is 23.6. The third kappa shape index (κ3) is 5.99. The zero-order chi connectivity index (χ0) is 27.6. The summed E-state index contributed by atoms with van der Waals surface area (Å²) in [7, 11) is 2.04. The van der Waals surface area contributed by atoms with Crippen LogP contribution in [-0.2, 0) is 4.74 Å². The van der Waals surface area contributed by atoms with Crippen molar-refractivity contribution < 1.29 is 23.5 Å². The maximum atomic E-state index is 15.6. The Morgan fingerprint density at radius 3 is 2.68 bits per heavy atom. The summed E-state index contributed by atoms with van der Waals surface area (Å²) < 4.78 is 27.5. The molecule has 2 aromatic rings. The molecule has 1 amide bonds. The Morgan fingerprint density at radius 2 is 2.05 bits per heavy atom. The maximum Gasteiger partial charge on any atom is 0.410 e. The first-order valence-corrected chi connectivity index (χ1v) is 13.4. The Kier molecular flexibility index (Phi) is 8.37. The molecule has 2 atom stereocenters. The number of hydrogen-bond acceptors (Lipinski definition) is 9. The van der Waals surface area contributed by atoms with Gasteiger partial charge in [0.2, 0.25) is 0 Å². The van der Waals surface area contributed by atoms with Gasteiger partial charge in [-0.25, -0.2) is 9.18 Å². The molecule has 204 valence electrons. The lowest BCUT2D eigenvalue weighted by atomic mass is 10.1. The van der Waals surface area contributed by atoms with Gasteiger partial charge in [0.25, 0.3) is 0 Å². The Bertz CT molecular complexity index is 1260. The molecule has 12 heteroatoms. The van der Waals surface area contributed by atoms with E-state index in [2.05, 4.69) is 36.9 Å². The van der Waals surface area contributed by atoms with Crippen molar-refractivity contribution in [3.63, 3.8) is 0 Å². The summed E-state index contributed by atoms with van der Waals surface area (Å²) in [6.07, 6.45) is 2.09. The first-order chi connectivity index (χ1) is 18.0. The largest absolute Gasteiger partial charge is 0.462 e. The van der Waals surface area contributed by atoms with Gasteiger partial charge in [-0.05, 0) is 69.2 Å². The van der Waals surface area contributed by atoms with Crippen LogP contribution in [0.4, 0.5) is 15.0 Å². The number of nitrogens with zero attached hydrogens (tertiary/aromatic N) is 6. The fourth-order valence-corrected chi connectivity index (χ4v) is 5.33. The van der Waals surface area contributed by atoms with Gasteiger partial charge in [0.15, 0.2) is 6.29 Å². The Labute approximate surface area is 229 Å². The number of ether oxygens (including phenoxy) is 2. The van der Waals surface area contributed by atoms with Crippen LogP contribution in [0.2, 0.25) is 0 Å².